The van der Waals surface area contributed by atoms with Crippen LogP contribution in [0.4, 0.5) is 10.5 Å². The third kappa shape index (κ3) is 5.49. The monoisotopic (exact) mass is 333 g/mol. The zero-order valence-corrected chi connectivity index (χ0v) is 15.0. The predicted molar refractivity (Wildman–Crippen MR) is 98.5 cm³/mol. The van der Waals surface area contributed by atoms with Crippen LogP contribution in [0.15, 0.2) is 18.2 Å². The van der Waals surface area contributed by atoms with E-state index in [0.717, 1.165) is 42.7 Å². The van der Waals surface area contributed by atoms with Gasteiger partial charge in [0.1, 0.15) is 0 Å². The van der Waals surface area contributed by atoms with Gasteiger partial charge >= 0.3 is 6.03 Å². The second-order valence-electron chi connectivity index (χ2n) is 6.51. The molecule has 1 aromatic carbocycles. The molecule has 1 unspecified atom stereocenters. The predicted octanol–water partition coefficient (Wildman–Crippen LogP) is 2.78. The lowest BCUT2D eigenvalue weighted by Gasteiger charge is -2.28. The van der Waals surface area contributed by atoms with Crippen molar-refractivity contribution in [1.29, 1.82) is 0 Å². The Morgan fingerprint density at radius 3 is 2.38 bits per heavy atom. The maximum Gasteiger partial charge on any atom is 0.319 e. The van der Waals surface area contributed by atoms with Gasteiger partial charge in [-0.1, -0.05) is 38.5 Å². The number of benzene rings is 1. The molecule has 1 heterocycles. The second kappa shape index (κ2) is 9.64. The molecule has 0 spiro atoms. The van der Waals surface area contributed by atoms with Gasteiger partial charge in [0.2, 0.25) is 0 Å². The number of nitrogens with zero attached hydrogens (tertiary/aromatic N) is 1. The molecule has 0 aliphatic carbocycles. The summed E-state index contributed by atoms with van der Waals surface area (Å²) in [4.78, 5) is 14.5. The van der Waals surface area contributed by atoms with Crippen molar-refractivity contribution >= 4 is 11.7 Å². The van der Waals surface area contributed by atoms with Crippen molar-refractivity contribution in [2.45, 2.75) is 52.1 Å². The van der Waals surface area contributed by atoms with E-state index in [0.29, 0.717) is 6.54 Å². The van der Waals surface area contributed by atoms with Crippen LogP contribution in [0.2, 0.25) is 0 Å². The molecule has 24 heavy (non-hydrogen) atoms. The fraction of sp³-hybridized carbons (Fsp3) is 0.632. The Kier molecular flexibility index (Phi) is 7.53. The molecule has 1 aliphatic rings. The van der Waals surface area contributed by atoms with E-state index >= 15 is 0 Å². The first kappa shape index (κ1) is 18.7. The van der Waals surface area contributed by atoms with Gasteiger partial charge in [-0.05, 0) is 49.9 Å². The van der Waals surface area contributed by atoms with Gasteiger partial charge in [-0.2, -0.15) is 0 Å². The molecule has 0 radical (unpaired) electrons. The Bertz CT molecular complexity index is 505. The second-order valence-corrected chi connectivity index (χ2v) is 6.51. The number of amides is 2. The third-order valence-corrected chi connectivity index (χ3v) is 4.65. The number of hydrogen-bond acceptors (Lipinski definition) is 3. The number of carbonyl (C=O) groups is 1. The number of para-hydroxylation sites is 1. The highest BCUT2D eigenvalue weighted by Crippen LogP contribution is 2.22. The summed E-state index contributed by atoms with van der Waals surface area (Å²) >= 11 is 0. The van der Waals surface area contributed by atoms with Gasteiger partial charge in [-0.25, -0.2) is 4.79 Å². The largest absolute Gasteiger partial charge is 0.390 e. The Morgan fingerprint density at radius 1 is 1.17 bits per heavy atom. The highest BCUT2D eigenvalue weighted by atomic mass is 16.3. The van der Waals surface area contributed by atoms with Crippen molar-refractivity contribution in [3.8, 4) is 0 Å². The zero-order valence-electron chi connectivity index (χ0n) is 15.0. The number of urea groups is 1. The lowest BCUT2D eigenvalue weighted by atomic mass is 10.0. The maximum absolute atomic E-state index is 12.2. The maximum atomic E-state index is 12.2. The standard InChI is InChI=1S/C19H31N3O2/c1-3-15-9-8-10-16(4-2)18(15)21-19(24)20-13-17(23)14-22-11-6-5-7-12-22/h8-10,17,23H,3-7,11-14H2,1-2H3,(H2,20,21,24). The number of nitrogens with one attached hydrogen (secondary N) is 2. The summed E-state index contributed by atoms with van der Waals surface area (Å²) in [6, 6.07) is 5.87. The van der Waals surface area contributed by atoms with Crippen LogP contribution in [0.5, 0.6) is 0 Å². The van der Waals surface area contributed by atoms with Crippen LogP contribution in [-0.2, 0) is 12.8 Å². The Hall–Kier alpha value is -1.59. The van der Waals surface area contributed by atoms with Gasteiger partial charge in [0.05, 0.1) is 6.10 Å². The number of anilines is 1. The van der Waals surface area contributed by atoms with Crippen LogP contribution in [0.3, 0.4) is 0 Å². The topological polar surface area (TPSA) is 64.6 Å². The number of β-amino-alcohol motifs (C(OH)–C–C–N with tert-alkyl or cyclic N) is 1. The Labute approximate surface area is 145 Å². The van der Waals surface area contributed by atoms with E-state index in [-0.39, 0.29) is 12.6 Å². The number of piperidine rings is 1. The first-order valence-electron chi connectivity index (χ1n) is 9.20. The molecule has 2 amide bonds. The van der Waals surface area contributed by atoms with Gasteiger partial charge in [0, 0.05) is 18.8 Å². The summed E-state index contributed by atoms with van der Waals surface area (Å²) in [6.45, 7) is 7.17. The molecule has 0 aromatic heterocycles. The average molecular weight is 333 g/mol. The number of carbonyl (C=O) groups excluding carboxylic acids is 1. The number of rotatable bonds is 7. The van der Waals surface area contributed by atoms with Crippen molar-refractivity contribution in [3.63, 3.8) is 0 Å². The van der Waals surface area contributed by atoms with Crippen molar-refractivity contribution in [2.75, 3.05) is 31.5 Å². The highest BCUT2D eigenvalue weighted by Gasteiger charge is 2.16. The minimum absolute atomic E-state index is 0.247. The lowest BCUT2D eigenvalue weighted by Crippen LogP contribution is -2.43. The SMILES string of the molecule is CCc1cccc(CC)c1NC(=O)NCC(O)CN1CCCCC1. The Balaban J connectivity index is 1.82. The zero-order chi connectivity index (χ0) is 17.4. The fourth-order valence-corrected chi connectivity index (χ4v) is 3.28. The molecule has 1 atom stereocenters. The summed E-state index contributed by atoms with van der Waals surface area (Å²) in [7, 11) is 0. The summed E-state index contributed by atoms with van der Waals surface area (Å²) in [5.74, 6) is 0. The quantitative estimate of drug-likeness (QED) is 0.719. The first-order chi connectivity index (χ1) is 11.6. The molecule has 1 aromatic rings. The molecular weight excluding hydrogens is 302 g/mol. The number of likely N-dealkylation sites (tertiary alicyclic amines) is 1. The highest BCUT2D eigenvalue weighted by molar-refractivity contribution is 5.91. The van der Waals surface area contributed by atoms with E-state index in [9.17, 15) is 9.90 Å². The number of aryl methyl sites for hydroxylation is 2. The molecule has 2 rings (SSSR count). The lowest BCUT2D eigenvalue weighted by molar-refractivity contribution is 0.102. The molecule has 1 fully saturated rings. The molecule has 1 aliphatic heterocycles. The number of hydrogen-bond donors (Lipinski definition) is 3. The molecular formula is C19H31N3O2. The number of aliphatic hydroxyl groups excluding tert-OH is 1. The summed E-state index contributed by atoms with van der Waals surface area (Å²) in [5, 5.41) is 15.9. The van der Waals surface area contributed by atoms with Crippen molar-refractivity contribution < 1.29 is 9.90 Å². The van der Waals surface area contributed by atoms with Gasteiger partial charge in [-0.3, -0.25) is 0 Å². The van der Waals surface area contributed by atoms with Crippen LogP contribution in [0.1, 0.15) is 44.2 Å². The Morgan fingerprint density at radius 2 is 1.79 bits per heavy atom. The van der Waals surface area contributed by atoms with E-state index in [1.54, 1.807) is 0 Å². The molecule has 0 saturated carbocycles. The smallest absolute Gasteiger partial charge is 0.319 e. The van der Waals surface area contributed by atoms with Crippen LogP contribution < -0.4 is 10.6 Å². The molecule has 0 bridgehead atoms. The molecule has 3 N–H and O–H groups in total. The molecule has 5 heteroatoms. The van der Waals surface area contributed by atoms with Gasteiger partial charge in [0.15, 0.2) is 0 Å². The first-order valence-corrected chi connectivity index (χ1v) is 9.20. The minimum atomic E-state index is -0.527. The van der Waals surface area contributed by atoms with Crippen LogP contribution in [0.25, 0.3) is 0 Å². The van der Waals surface area contributed by atoms with Crippen molar-refractivity contribution in [1.82, 2.24) is 10.2 Å². The van der Waals surface area contributed by atoms with E-state index < -0.39 is 6.10 Å². The van der Waals surface area contributed by atoms with Crippen LogP contribution in [-0.4, -0.2) is 48.3 Å². The molecule has 134 valence electrons. The van der Waals surface area contributed by atoms with Gasteiger partial charge in [0.25, 0.3) is 0 Å². The third-order valence-electron chi connectivity index (χ3n) is 4.65. The van der Waals surface area contributed by atoms with E-state index in [2.05, 4.69) is 29.4 Å². The van der Waals surface area contributed by atoms with Crippen LogP contribution in [0, 0.1) is 0 Å². The average Bonchev–Trinajstić information content (AvgIpc) is 2.61. The van der Waals surface area contributed by atoms with E-state index in [1.165, 1.54) is 19.3 Å². The summed E-state index contributed by atoms with van der Waals surface area (Å²) < 4.78 is 0. The summed E-state index contributed by atoms with van der Waals surface area (Å²) in [6.07, 6.45) is 4.91. The van der Waals surface area contributed by atoms with Crippen molar-refractivity contribution in [2.24, 2.45) is 0 Å². The minimum Gasteiger partial charge on any atom is -0.390 e. The molecule has 5 nitrogen and oxygen atoms in total. The van der Waals surface area contributed by atoms with E-state index in [4.69, 9.17) is 0 Å². The van der Waals surface area contributed by atoms with Gasteiger partial charge in [-0.15, -0.1) is 0 Å². The summed E-state index contributed by atoms with van der Waals surface area (Å²) in [5.41, 5.74) is 3.18. The van der Waals surface area contributed by atoms with Gasteiger partial charge < -0.3 is 20.6 Å². The number of aliphatic hydroxyl groups is 1. The van der Waals surface area contributed by atoms with E-state index in [1.807, 2.05) is 18.2 Å². The van der Waals surface area contributed by atoms with Crippen molar-refractivity contribution in [3.05, 3.63) is 29.3 Å². The van der Waals surface area contributed by atoms with Crippen LogP contribution >= 0.6 is 0 Å². The molecule has 1 saturated heterocycles. The fourth-order valence-electron chi connectivity index (χ4n) is 3.28. The normalized spacial score (nSPS) is 16.6.